The normalized spacial score (nSPS) is 10.8. The van der Waals surface area contributed by atoms with Crippen molar-refractivity contribution in [2.24, 2.45) is 0 Å². The van der Waals surface area contributed by atoms with Gasteiger partial charge in [-0.05, 0) is 19.8 Å². The number of carbonyl (C=O) groups excluding carboxylic acids is 1. The molecule has 0 fully saturated rings. The summed E-state index contributed by atoms with van der Waals surface area (Å²) in [6.45, 7) is 4.19. The summed E-state index contributed by atoms with van der Waals surface area (Å²) in [7, 11) is 0. The van der Waals surface area contributed by atoms with Crippen LogP contribution in [0.4, 0.5) is 0 Å². The molecule has 0 aliphatic rings. The number of ether oxygens (including phenoxy) is 1. The molecule has 0 aliphatic heterocycles. The van der Waals surface area contributed by atoms with E-state index in [1.165, 1.54) is 6.08 Å². The fourth-order valence-corrected chi connectivity index (χ4v) is 1.05. The third-order valence-electron chi connectivity index (χ3n) is 1.77. The van der Waals surface area contributed by atoms with Crippen LogP contribution in [0.3, 0.4) is 0 Å². The predicted octanol–water partition coefficient (Wildman–Crippen LogP) is 2.58. The Hall–Kier alpha value is -1.30. The summed E-state index contributed by atoms with van der Waals surface area (Å²) in [4.78, 5) is 11.0. The molecule has 78 valence electrons. The van der Waals surface area contributed by atoms with Crippen molar-refractivity contribution < 1.29 is 9.53 Å². The van der Waals surface area contributed by atoms with Gasteiger partial charge in [0.1, 0.15) is 0 Å². The number of allylic oxidation sites excluding steroid dienone is 1. The molecule has 0 atom stereocenters. The van der Waals surface area contributed by atoms with Gasteiger partial charge in [-0.3, -0.25) is 0 Å². The molecule has 3 heteroatoms. The summed E-state index contributed by atoms with van der Waals surface area (Å²) in [6.07, 6.45) is 5.11. The molecule has 0 unspecified atom stereocenters. The molecule has 0 N–H and O–H groups in total. The summed E-state index contributed by atoms with van der Waals surface area (Å²) in [5.74, 6) is -0.416. The van der Waals surface area contributed by atoms with Crippen LogP contribution < -0.4 is 0 Å². The van der Waals surface area contributed by atoms with Crippen molar-refractivity contribution in [2.45, 2.75) is 39.5 Å². The van der Waals surface area contributed by atoms with Crippen molar-refractivity contribution in [2.75, 3.05) is 6.61 Å². The minimum atomic E-state index is -0.416. The van der Waals surface area contributed by atoms with Crippen LogP contribution in [0.2, 0.25) is 0 Å². The maximum atomic E-state index is 11.0. The minimum absolute atomic E-state index is 0.350. The quantitative estimate of drug-likeness (QED) is 0.283. The van der Waals surface area contributed by atoms with Gasteiger partial charge in [-0.15, -0.1) is 0 Å². The number of hydrogen-bond donors (Lipinski definition) is 0. The average Bonchev–Trinajstić information content (AvgIpc) is 2.17. The Morgan fingerprint density at radius 1 is 1.43 bits per heavy atom. The highest BCUT2D eigenvalue weighted by atomic mass is 16.5. The number of nitrogens with zero attached hydrogens (tertiary/aromatic N) is 1. The maximum absolute atomic E-state index is 11.0. The Bertz CT molecular complexity index is 238. The Balaban J connectivity index is 3.99. The maximum Gasteiger partial charge on any atom is 0.331 e. The molecular weight excluding hydrogens is 178 g/mol. The smallest absolute Gasteiger partial charge is 0.331 e. The zero-order chi connectivity index (χ0) is 10.8. The van der Waals surface area contributed by atoms with Crippen LogP contribution in [0.15, 0.2) is 11.6 Å². The molecule has 0 saturated heterocycles. The van der Waals surface area contributed by atoms with E-state index in [2.05, 4.69) is 6.92 Å². The molecule has 14 heavy (non-hydrogen) atoms. The van der Waals surface area contributed by atoms with Crippen LogP contribution in [0, 0.1) is 11.3 Å². The van der Waals surface area contributed by atoms with Gasteiger partial charge < -0.3 is 4.74 Å². The van der Waals surface area contributed by atoms with Gasteiger partial charge in [0.05, 0.1) is 12.7 Å². The first-order valence-electron chi connectivity index (χ1n) is 5.02. The molecular formula is C11H17NO2. The third-order valence-corrected chi connectivity index (χ3v) is 1.77. The Kier molecular flexibility index (Phi) is 7.53. The van der Waals surface area contributed by atoms with E-state index in [0.717, 1.165) is 19.3 Å². The zero-order valence-corrected chi connectivity index (χ0v) is 8.88. The predicted molar refractivity (Wildman–Crippen MR) is 54.5 cm³/mol. The molecule has 0 heterocycles. The Labute approximate surface area is 85.4 Å². The molecule has 0 aromatic carbocycles. The van der Waals surface area contributed by atoms with Crippen LogP contribution >= 0.6 is 0 Å². The van der Waals surface area contributed by atoms with Crippen molar-refractivity contribution in [3.05, 3.63) is 11.6 Å². The van der Waals surface area contributed by atoms with E-state index in [-0.39, 0.29) is 0 Å². The van der Waals surface area contributed by atoms with E-state index in [0.29, 0.717) is 18.6 Å². The molecule has 0 spiro atoms. The van der Waals surface area contributed by atoms with Crippen molar-refractivity contribution >= 4 is 5.97 Å². The lowest BCUT2D eigenvalue weighted by atomic mass is 10.1. The van der Waals surface area contributed by atoms with Crippen LogP contribution in [0.25, 0.3) is 0 Å². The second-order valence-electron chi connectivity index (χ2n) is 2.99. The van der Waals surface area contributed by atoms with Crippen LogP contribution in [-0.2, 0) is 9.53 Å². The summed E-state index contributed by atoms with van der Waals surface area (Å²) < 4.78 is 4.71. The fourth-order valence-electron chi connectivity index (χ4n) is 1.05. The largest absolute Gasteiger partial charge is 0.463 e. The van der Waals surface area contributed by atoms with E-state index in [9.17, 15) is 4.79 Å². The lowest BCUT2D eigenvalue weighted by Crippen LogP contribution is -2.00. The van der Waals surface area contributed by atoms with E-state index in [4.69, 9.17) is 10.00 Å². The van der Waals surface area contributed by atoms with Crippen LogP contribution in [0.5, 0.6) is 0 Å². The minimum Gasteiger partial charge on any atom is -0.463 e. The molecule has 3 nitrogen and oxygen atoms in total. The van der Waals surface area contributed by atoms with Gasteiger partial charge in [-0.25, -0.2) is 4.79 Å². The van der Waals surface area contributed by atoms with Crippen molar-refractivity contribution in [3.8, 4) is 6.07 Å². The van der Waals surface area contributed by atoms with E-state index >= 15 is 0 Å². The van der Waals surface area contributed by atoms with Gasteiger partial charge in [-0.2, -0.15) is 5.26 Å². The van der Waals surface area contributed by atoms with E-state index in [1.807, 2.05) is 6.07 Å². The van der Waals surface area contributed by atoms with Gasteiger partial charge >= 0.3 is 5.97 Å². The van der Waals surface area contributed by atoms with E-state index in [1.54, 1.807) is 6.92 Å². The van der Waals surface area contributed by atoms with Crippen molar-refractivity contribution in [1.82, 2.24) is 0 Å². The number of esters is 1. The first-order valence-corrected chi connectivity index (χ1v) is 5.02. The number of hydrogen-bond acceptors (Lipinski definition) is 3. The summed E-state index contributed by atoms with van der Waals surface area (Å²) in [5, 5.41) is 8.72. The van der Waals surface area contributed by atoms with Crippen LogP contribution in [-0.4, -0.2) is 12.6 Å². The molecule has 0 saturated carbocycles. The van der Waals surface area contributed by atoms with Gasteiger partial charge in [0.2, 0.25) is 0 Å². The first kappa shape index (κ1) is 12.7. The standard InChI is InChI=1S/C11H17NO2/c1-3-5-6-7-10(9-12)8-11(13)14-4-2/h8H,3-7H2,1-2H3. The molecule has 0 aliphatic carbocycles. The summed E-state index contributed by atoms with van der Waals surface area (Å²) in [6, 6.07) is 2.01. The molecule has 0 bridgehead atoms. The average molecular weight is 195 g/mol. The third kappa shape index (κ3) is 6.24. The van der Waals surface area contributed by atoms with E-state index < -0.39 is 5.97 Å². The molecule has 0 amide bonds. The zero-order valence-electron chi connectivity index (χ0n) is 8.88. The summed E-state index contributed by atoms with van der Waals surface area (Å²) >= 11 is 0. The summed E-state index contributed by atoms with van der Waals surface area (Å²) in [5.41, 5.74) is 0.511. The molecule has 0 aromatic heterocycles. The number of unbranched alkanes of at least 4 members (excludes halogenated alkanes) is 2. The highest BCUT2D eigenvalue weighted by Crippen LogP contribution is 2.08. The Morgan fingerprint density at radius 3 is 2.64 bits per heavy atom. The highest BCUT2D eigenvalue weighted by molar-refractivity contribution is 5.83. The van der Waals surface area contributed by atoms with Crippen LogP contribution in [0.1, 0.15) is 39.5 Å². The molecule has 0 aromatic rings. The number of nitriles is 1. The first-order chi connectivity index (χ1) is 6.74. The SMILES string of the molecule is CCCCCC(C#N)=CC(=O)OCC. The van der Waals surface area contributed by atoms with Crippen molar-refractivity contribution in [1.29, 1.82) is 5.26 Å². The highest BCUT2D eigenvalue weighted by Gasteiger charge is 2.01. The molecule has 0 rings (SSSR count). The monoisotopic (exact) mass is 195 g/mol. The van der Waals surface area contributed by atoms with Gasteiger partial charge in [0.15, 0.2) is 0 Å². The molecule has 0 radical (unpaired) electrons. The lowest BCUT2D eigenvalue weighted by Gasteiger charge is -1.98. The second-order valence-corrected chi connectivity index (χ2v) is 2.99. The van der Waals surface area contributed by atoms with Gasteiger partial charge in [0, 0.05) is 11.6 Å². The van der Waals surface area contributed by atoms with Crippen molar-refractivity contribution in [3.63, 3.8) is 0 Å². The second kappa shape index (κ2) is 8.31. The van der Waals surface area contributed by atoms with Gasteiger partial charge in [0.25, 0.3) is 0 Å². The number of rotatable bonds is 6. The fraction of sp³-hybridized carbons (Fsp3) is 0.636. The number of carbonyl (C=O) groups is 1. The lowest BCUT2D eigenvalue weighted by molar-refractivity contribution is -0.137. The van der Waals surface area contributed by atoms with Gasteiger partial charge in [-0.1, -0.05) is 19.8 Å². The topological polar surface area (TPSA) is 50.1 Å². The Morgan fingerprint density at radius 2 is 2.14 bits per heavy atom.